The number of nitrogens with one attached hydrogen (secondary N) is 2. The van der Waals surface area contributed by atoms with E-state index in [1.165, 1.54) is 0 Å². The molecule has 2 rings (SSSR count). The maximum atomic E-state index is 11.9. The summed E-state index contributed by atoms with van der Waals surface area (Å²) in [5.74, 6) is 0.513. The smallest absolute Gasteiger partial charge is 0.234 e. The Balaban J connectivity index is 1.96. The van der Waals surface area contributed by atoms with Gasteiger partial charge in [-0.15, -0.1) is 0 Å². The lowest BCUT2D eigenvalue weighted by Crippen LogP contribution is -2.37. The second kappa shape index (κ2) is 7.92. The van der Waals surface area contributed by atoms with Crippen LogP contribution in [0, 0.1) is 5.92 Å². The molecule has 0 radical (unpaired) electrons. The van der Waals surface area contributed by atoms with Crippen LogP contribution in [-0.2, 0) is 4.79 Å². The van der Waals surface area contributed by atoms with Crippen LogP contribution in [0.5, 0.6) is 0 Å². The van der Waals surface area contributed by atoms with Gasteiger partial charge in [0.1, 0.15) is 0 Å². The second-order valence-corrected chi connectivity index (χ2v) is 6.36. The molecule has 1 unspecified atom stereocenters. The summed E-state index contributed by atoms with van der Waals surface area (Å²) in [6.07, 6.45) is 0. The summed E-state index contributed by atoms with van der Waals surface area (Å²) in [7, 11) is 1.95. The number of hydrogen-bond acceptors (Lipinski definition) is 3. The van der Waals surface area contributed by atoms with Crippen LogP contribution in [0.2, 0.25) is 0 Å². The zero-order valence-electron chi connectivity index (χ0n) is 14.3. The summed E-state index contributed by atoms with van der Waals surface area (Å²) in [5, 5.41) is 10.4. The van der Waals surface area contributed by atoms with Crippen molar-refractivity contribution in [3.05, 3.63) is 42.1 Å². The molecular formula is C18H26N4O. The van der Waals surface area contributed by atoms with E-state index in [0.717, 1.165) is 17.0 Å². The Kier molecular flexibility index (Phi) is 5.93. The van der Waals surface area contributed by atoms with Gasteiger partial charge in [-0.05, 0) is 26.0 Å². The predicted molar refractivity (Wildman–Crippen MR) is 92.9 cm³/mol. The van der Waals surface area contributed by atoms with Gasteiger partial charge in [0.05, 0.1) is 17.9 Å². The monoisotopic (exact) mass is 314 g/mol. The number of likely N-dealkylation sites (N-methyl/N-ethyl adjacent to an activating group) is 1. The SMILES string of the molecule is CC(C)CNC(=O)CN(C)C(C)c1cc(-c2ccccc2)n[nH]1. The largest absolute Gasteiger partial charge is 0.355 e. The first-order valence-corrected chi connectivity index (χ1v) is 8.05. The molecule has 0 fully saturated rings. The highest BCUT2D eigenvalue weighted by Crippen LogP contribution is 2.22. The van der Waals surface area contributed by atoms with Crippen molar-refractivity contribution in [2.45, 2.75) is 26.8 Å². The molecule has 1 aromatic heterocycles. The molecule has 0 aliphatic rings. The minimum absolute atomic E-state index is 0.0517. The zero-order valence-corrected chi connectivity index (χ0v) is 14.3. The number of aromatic amines is 1. The van der Waals surface area contributed by atoms with E-state index in [2.05, 4.69) is 36.3 Å². The Hall–Kier alpha value is -2.14. The molecular weight excluding hydrogens is 288 g/mol. The molecule has 2 N–H and O–H groups in total. The molecule has 5 nitrogen and oxygen atoms in total. The number of aromatic nitrogens is 2. The maximum Gasteiger partial charge on any atom is 0.234 e. The van der Waals surface area contributed by atoms with Gasteiger partial charge in [-0.1, -0.05) is 44.2 Å². The number of amides is 1. The Bertz CT molecular complexity index is 621. The highest BCUT2D eigenvalue weighted by atomic mass is 16.2. The van der Waals surface area contributed by atoms with E-state index < -0.39 is 0 Å². The number of carbonyl (C=O) groups is 1. The van der Waals surface area contributed by atoms with E-state index in [9.17, 15) is 4.79 Å². The van der Waals surface area contributed by atoms with Gasteiger partial charge in [-0.3, -0.25) is 14.8 Å². The molecule has 5 heteroatoms. The van der Waals surface area contributed by atoms with Gasteiger partial charge < -0.3 is 5.32 Å². The van der Waals surface area contributed by atoms with E-state index in [-0.39, 0.29) is 11.9 Å². The summed E-state index contributed by atoms with van der Waals surface area (Å²) in [6.45, 7) is 7.32. The van der Waals surface area contributed by atoms with Gasteiger partial charge >= 0.3 is 0 Å². The molecule has 0 saturated heterocycles. The van der Waals surface area contributed by atoms with Crippen LogP contribution < -0.4 is 5.32 Å². The fraction of sp³-hybridized carbons (Fsp3) is 0.444. The fourth-order valence-electron chi connectivity index (χ4n) is 2.28. The molecule has 0 bridgehead atoms. The van der Waals surface area contributed by atoms with E-state index in [0.29, 0.717) is 19.0 Å². The minimum Gasteiger partial charge on any atom is -0.355 e. The summed E-state index contributed by atoms with van der Waals surface area (Å²) >= 11 is 0. The normalized spacial score (nSPS) is 12.6. The van der Waals surface area contributed by atoms with Gasteiger partial charge in [0.15, 0.2) is 0 Å². The molecule has 0 aliphatic carbocycles. The lowest BCUT2D eigenvalue weighted by Gasteiger charge is -2.23. The van der Waals surface area contributed by atoms with Crippen molar-refractivity contribution in [2.75, 3.05) is 20.1 Å². The number of carbonyl (C=O) groups excluding carboxylic acids is 1. The quantitative estimate of drug-likeness (QED) is 0.826. The molecule has 0 aliphatic heterocycles. The van der Waals surface area contributed by atoms with Crippen LogP contribution in [0.1, 0.15) is 32.5 Å². The lowest BCUT2D eigenvalue weighted by atomic mass is 10.1. The van der Waals surface area contributed by atoms with E-state index in [1.54, 1.807) is 0 Å². The molecule has 0 spiro atoms. The third-order valence-corrected chi connectivity index (χ3v) is 3.88. The van der Waals surface area contributed by atoms with Crippen molar-refractivity contribution in [2.24, 2.45) is 5.92 Å². The molecule has 23 heavy (non-hydrogen) atoms. The summed E-state index contributed by atoms with van der Waals surface area (Å²) in [4.78, 5) is 14.0. The first-order valence-electron chi connectivity index (χ1n) is 8.05. The molecule has 1 amide bonds. The van der Waals surface area contributed by atoms with Crippen molar-refractivity contribution < 1.29 is 4.79 Å². The first kappa shape index (κ1) is 17.2. The molecule has 1 aromatic carbocycles. The van der Waals surface area contributed by atoms with E-state index in [4.69, 9.17) is 0 Å². The minimum atomic E-state index is 0.0517. The van der Waals surface area contributed by atoms with Crippen molar-refractivity contribution in [1.82, 2.24) is 20.4 Å². The second-order valence-electron chi connectivity index (χ2n) is 6.36. The van der Waals surface area contributed by atoms with Crippen LogP contribution in [0.3, 0.4) is 0 Å². The predicted octanol–water partition coefficient (Wildman–Crippen LogP) is 2.84. The fourth-order valence-corrected chi connectivity index (χ4v) is 2.28. The number of H-pyrrole nitrogens is 1. The molecule has 0 saturated carbocycles. The lowest BCUT2D eigenvalue weighted by molar-refractivity contribution is -0.122. The molecule has 1 heterocycles. The van der Waals surface area contributed by atoms with Gasteiger partial charge in [0, 0.05) is 18.2 Å². The summed E-state index contributed by atoms with van der Waals surface area (Å²) < 4.78 is 0. The number of nitrogens with zero attached hydrogens (tertiary/aromatic N) is 2. The Morgan fingerprint density at radius 3 is 2.61 bits per heavy atom. The number of benzene rings is 1. The summed E-state index contributed by atoms with van der Waals surface area (Å²) in [5.41, 5.74) is 3.01. The van der Waals surface area contributed by atoms with Crippen molar-refractivity contribution in [3.8, 4) is 11.3 Å². The van der Waals surface area contributed by atoms with Gasteiger partial charge in [-0.2, -0.15) is 5.10 Å². The topological polar surface area (TPSA) is 61.0 Å². The van der Waals surface area contributed by atoms with Crippen molar-refractivity contribution in [1.29, 1.82) is 0 Å². The highest BCUT2D eigenvalue weighted by molar-refractivity contribution is 5.78. The van der Waals surface area contributed by atoms with Crippen LogP contribution in [0.4, 0.5) is 0 Å². The molecule has 124 valence electrons. The van der Waals surface area contributed by atoms with Gasteiger partial charge in [-0.25, -0.2) is 0 Å². The third-order valence-electron chi connectivity index (χ3n) is 3.88. The van der Waals surface area contributed by atoms with E-state index >= 15 is 0 Å². The first-order chi connectivity index (χ1) is 11.0. The average Bonchev–Trinajstić information content (AvgIpc) is 3.03. The van der Waals surface area contributed by atoms with Crippen LogP contribution in [-0.4, -0.2) is 41.1 Å². The van der Waals surface area contributed by atoms with Gasteiger partial charge in [0.2, 0.25) is 5.91 Å². The third kappa shape index (κ3) is 4.93. The zero-order chi connectivity index (χ0) is 16.8. The Morgan fingerprint density at radius 1 is 1.26 bits per heavy atom. The summed E-state index contributed by atoms with van der Waals surface area (Å²) in [6, 6.07) is 12.2. The number of rotatable bonds is 7. The van der Waals surface area contributed by atoms with Crippen LogP contribution in [0.25, 0.3) is 11.3 Å². The van der Waals surface area contributed by atoms with Crippen LogP contribution in [0.15, 0.2) is 36.4 Å². The van der Waals surface area contributed by atoms with Crippen molar-refractivity contribution in [3.63, 3.8) is 0 Å². The maximum absolute atomic E-state index is 11.9. The highest BCUT2D eigenvalue weighted by Gasteiger charge is 2.17. The average molecular weight is 314 g/mol. The molecule has 1 atom stereocenters. The standard InChI is InChI=1S/C18H26N4O/c1-13(2)11-19-18(23)12-22(4)14(3)16-10-17(21-20-16)15-8-6-5-7-9-15/h5-10,13-14H,11-12H2,1-4H3,(H,19,23)(H,20,21). The van der Waals surface area contributed by atoms with E-state index in [1.807, 2.05) is 48.3 Å². The Labute approximate surface area is 138 Å². The van der Waals surface area contributed by atoms with Crippen LogP contribution >= 0.6 is 0 Å². The Morgan fingerprint density at radius 2 is 1.96 bits per heavy atom. The molecule has 2 aromatic rings. The van der Waals surface area contributed by atoms with Gasteiger partial charge in [0.25, 0.3) is 0 Å². The number of hydrogen-bond donors (Lipinski definition) is 2. The van der Waals surface area contributed by atoms with Crippen molar-refractivity contribution >= 4 is 5.91 Å².